The maximum Gasteiger partial charge on any atom is 0.335 e. The Morgan fingerprint density at radius 1 is 1.17 bits per heavy atom. The van der Waals surface area contributed by atoms with Crippen LogP contribution >= 0.6 is 0 Å². The third kappa shape index (κ3) is 6.17. The van der Waals surface area contributed by atoms with E-state index in [1.54, 1.807) is 0 Å². The molecule has 7 nitrogen and oxygen atoms in total. The third-order valence-corrected chi connectivity index (χ3v) is 4.74. The number of benzene rings is 1. The van der Waals surface area contributed by atoms with Crippen molar-refractivity contribution in [2.24, 2.45) is 0 Å². The first-order valence-electron chi connectivity index (χ1n) is 7.64. The van der Waals surface area contributed by atoms with Crippen LogP contribution in [0.1, 0.15) is 43.0 Å². The Kier molecular flexibility index (Phi) is 8.01. The first-order chi connectivity index (χ1) is 10.9. The highest BCUT2D eigenvalue weighted by Crippen LogP contribution is 2.23. The second-order valence-corrected chi connectivity index (χ2v) is 6.86. The average molecular weight is 344 g/mol. The molecule has 0 fully saturated rings. The third-order valence-electron chi connectivity index (χ3n) is 3.24. The molecule has 1 rings (SSSR count). The predicted molar refractivity (Wildman–Crippen MR) is 88.3 cm³/mol. The van der Waals surface area contributed by atoms with Crippen LogP contribution in [0.2, 0.25) is 0 Å². The van der Waals surface area contributed by atoms with Crippen LogP contribution in [-0.2, 0) is 10.0 Å². The Morgan fingerprint density at radius 2 is 1.91 bits per heavy atom. The van der Waals surface area contributed by atoms with Crippen LogP contribution in [-0.4, -0.2) is 44.3 Å². The molecule has 8 heteroatoms. The molecule has 0 aliphatic rings. The molecule has 0 aromatic heterocycles. The van der Waals surface area contributed by atoms with Crippen LogP contribution in [0.3, 0.4) is 0 Å². The van der Waals surface area contributed by atoms with Gasteiger partial charge in [0.15, 0.2) is 0 Å². The van der Waals surface area contributed by atoms with Crippen molar-refractivity contribution in [3.05, 3.63) is 23.8 Å². The van der Waals surface area contributed by atoms with Crippen molar-refractivity contribution in [1.29, 1.82) is 0 Å². The first kappa shape index (κ1) is 19.4. The summed E-state index contributed by atoms with van der Waals surface area (Å²) in [5.41, 5.74) is 0.234. The first-order valence-corrected chi connectivity index (χ1v) is 9.12. The van der Waals surface area contributed by atoms with Crippen LogP contribution in [0, 0.1) is 0 Å². The number of carboxylic acid groups (broad SMARTS) is 1. The van der Waals surface area contributed by atoms with E-state index < -0.39 is 16.0 Å². The van der Waals surface area contributed by atoms with Gasteiger partial charge >= 0.3 is 5.97 Å². The molecule has 0 radical (unpaired) electrons. The minimum Gasteiger partial charge on any atom is -0.478 e. The number of aromatic carboxylic acids is 1. The molecular weight excluding hydrogens is 320 g/mol. The molecule has 0 amide bonds. The highest BCUT2D eigenvalue weighted by molar-refractivity contribution is 7.89. The summed E-state index contributed by atoms with van der Waals surface area (Å²) in [6, 6.07) is 3.92. The van der Waals surface area contributed by atoms with Crippen LogP contribution < -0.4 is 10.0 Å². The van der Waals surface area contributed by atoms with Gasteiger partial charge in [-0.15, -0.1) is 0 Å². The van der Waals surface area contributed by atoms with Crippen LogP contribution in [0.5, 0.6) is 0 Å². The largest absolute Gasteiger partial charge is 0.478 e. The number of rotatable bonds is 11. The number of anilines is 1. The number of unbranched alkanes of at least 4 members (excludes halogenated alkanes) is 2. The molecule has 1 aromatic carbocycles. The zero-order valence-electron chi connectivity index (χ0n) is 13.2. The number of sulfonamides is 1. The lowest BCUT2D eigenvalue weighted by molar-refractivity contribution is 0.0696. The van der Waals surface area contributed by atoms with Gasteiger partial charge in [-0.2, -0.15) is 0 Å². The highest BCUT2D eigenvalue weighted by Gasteiger charge is 2.20. The fraction of sp³-hybridized carbons (Fsp3) is 0.533. The minimum atomic E-state index is -3.80. The van der Waals surface area contributed by atoms with Crippen molar-refractivity contribution in [3.63, 3.8) is 0 Å². The fourth-order valence-electron chi connectivity index (χ4n) is 1.99. The van der Waals surface area contributed by atoms with Gasteiger partial charge in [-0.3, -0.25) is 0 Å². The molecule has 0 spiro atoms. The summed E-state index contributed by atoms with van der Waals surface area (Å²) in [7, 11) is -3.80. The Morgan fingerprint density at radius 3 is 2.52 bits per heavy atom. The van der Waals surface area contributed by atoms with Crippen LogP contribution in [0.25, 0.3) is 0 Å². The summed E-state index contributed by atoms with van der Waals surface area (Å²) in [4.78, 5) is 11.0. The summed E-state index contributed by atoms with van der Waals surface area (Å²) < 4.78 is 27.4. The molecule has 130 valence electrons. The second kappa shape index (κ2) is 9.49. The zero-order chi connectivity index (χ0) is 17.3. The predicted octanol–water partition coefficient (Wildman–Crippen LogP) is 1.65. The van der Waals surface area contributed by atoms with Gasteiger partial charge in [0.05, 0.1) is 11.3 Å². The molecule has 23 heavy (non-hydrogen) atoms. The van der Waals surface area contributed by atoms with Gasteiger partial charge in [-0.05, 0) is 31.0 Å². The molecule has 0 saturated heterocycles. The van der Waals surface area contributed by atoms with E-state index >= 15 is 0 Å². The molecule has 4 N–H and O–H groups in total. The summed E-state index contributed by atoms with van der Waals surface area (Å²) in [6.45, 7) is 2.70. The van der Waals surface area contributed by atoms with Crippen LogP contribution in [0.4, 0.5) is 5.69 Å². The quantitative estimate of drug-likeness (QED) is 0.454. The lowest BCUT2D eigenvalue weighted by atomic mass is 10.2. The molecule has 0 unspecified atom stereocenters. The standard InChI is InChI=1S/C15H24N2O5S/c1-2-3-4-9-17-23(21,22)14-11-12(15(19)20)6-7-13(14)16-8-5-10-18/h6-7,11,16-18H,2-5,8-10H2,1H3,(H,19,20). The number of hydrogen-bond donors (Lipinski definition) is 4. The summed E-state index contributed by atoms with van der Waals surface area (Å²) >= 11 is 0. The van der Waals surface area contributed by atoms with Gasteiger partial charge in [-0.25, -0.2) is 17.9 Å². The van der Waals surface area contributed by atoms with E-state index in [-0.39, 0.29) is 17.1 Å². The van der Waals surface area contributed by atoms with E-state index in [0.29, 0.717) is 25.2 Å². The number of carbonyl (C=O) groups is 1. The van der Waals surface area contributed by atoms with E-state index in [4.69, 9.17) is 10.2 Å². The van der Waals surface area contributed by atoms with Gasteiger partial charge < -0.3 is 15.5 Å². The van der Waals surface area contributed by atoms with E-state index in [1.807, 2.05) is 6.92 Å². The molecule has 0 aliphatic heterocycles. The highest BCUT2D eigenvalue weighted by atomic mass is 32.2. The molecule has 1 aromatic rings. The molecule has 0 heterocycles. The van der Waals surface area contributed by atoms with Crippen molar-refractivity contribution < 1.29 is 23.4 Å². The van der Waals surface area contributed by atoms with Crippen molar-refractivity contribution in [3.8, 4) is 0 Å². The minimum absolute atomic E-state index is 0.0163. The number of hydrogen-bond acceptors (Lipinski definition) is 5. The molecule has 0 saturated carbocycles. The van der Waals surface area contributed by atoms with Crippen molar-refractivity contribution in [2.45, 2.75) is 37.5 Å². The number of aliphatic hydroxyl groups is 1. The topological polar surface area (TPSA) is 116 Å². The summed E-state index contributed by atoms with van der Waals surface area (Å²) in [5.74, 6) is -1.19. The number of carboxylic acids is 1. The van der Waals surface area contributed by atoms with Gasteiger partial charge in [0, 0.05) is 19.7 Å². The van der Waals surface area contributed by atoms with Gasteiger partial charge in [0.25, 0.3) is 0 Å². The molecular formula is C15H24N2O5S. The summed E-state index contributed by atoms with van der Waals surface area (Å²) in [6.07, 6.45) is 3.08. The van der Waals surface area contributed by atoms with Gasteiger partial charge in [0.2, 0.25) is 10.0 Å². The van der Waals surface area contributed by atoms with Crippen molar-refractivity contribution >= 4 is 21.7 Å². The van der Waals surface area contributed by atoms with E-state index in [9.17, 15) is 13.2 Å². The molecule has 0 aliphatic carbocycles. The maximum absolute atomic E-state index is 12.4. The Labute approximate surface area is 136 Å². The van der Waals surface area contributed by atoms with E-state index in [1.165, 1.54) is 12.1 Å². The van der Waals surface area contributed by atoms with E-state index in [0.717, 1.165) is 25.3 Å². The number of aliphatic hydroxyl groups excluding tert-OH is 1. The lowest BCUT2D eigenvalue weighted by Gasteiger charge is -2.14. The van der Waals surface area contributed by atoms with Crippen molar-refractivity contribution in [1.82, 2.24) is 4.72 Å². The lowest BCUT2D eigenvalue weighted by Crippen LogP contribution is -2.26. The molecule has 0 bridgehead atoms. The Balaban J connectivity index is 3.02. The van der Waals surface area contributed by atoms with Gasteiger partial charge in [0.1, 0.15) is 4.90 Å². The van der Waals surface area contributed by atoms with Crippen LogP contribution in [0.15, 0.2) is 23.1 Å². The maximum atomic E-state index is 12.4. The van der Waals surface area contributed by atoms with E-state index in [2.05, 4.69) is 10.0 Å². The Bertz CT molecular complexity index is 616. The molecule has 0 atom stereocenters. The SMILES string of the molecule is CCCCCNS(=O)(=O)c1cc(C(=O)O)ccc1NCCCO. The fourth-order valence-corrected chi connectivity index (χ4v) is 3.27. The number of nitrogens with one attached hydrogen (secondary N) is 2. The smallest absolute Gasteiger partial charge is 0.335 e. The second-order valence-electron chi connectivity index (χ2n) is 5.12. The normalized spacial score (nSPS) is 11.4. The zero-order valence-corrected chi connectivity index (χ0v) is 14.0. The average Bonchev–Trinajstić information content (AvgIpc) is 2.52. The van der Waals surface area contributed by atoms with Gasteiger partial charge in [-0.1, -0.05) is 19.8 Å². The monoisotopic (exact) mass is 344 g/mol. The Hall–Kier alpha value is -1.64. The summed E-state index contributed by atoms with van der Waals surface area (Å²) in [5, 5.41) is 20.8. The van der Waals surface area contributed by atoms with Crippen molar-refractivity contribution in [2.75, 3.05) is 25.0 Å².